The number of benzene rings is 3. The molecule has 3 aromatic carbocycles. The molecule has 0 aliphatic heterocycles. The lowest BCUT2D eigenvalue weighted by Crippen LogP contribution is -2.10. The molecule has 0 fully saturated rings. The Morgan fingerprint density at radius 2 is 1.48 bits per heavy atom. The lowest BCUT2D eigenvalue weighted by Gasteiger charge is -2.15. The molecule has 0 aliphatic rings. The van der Waals surface area contributed by atoms with E-state index in [1.165, 1.54) is 0 Å². The van der Waals surface area contributed by atoms with Crippen molar-refractivity contribution in [3.05, 3.63) is 88.4 Å². The first kappa shape index (κ1) is 19.7. The van der Waals surface area contributed by atoms with Crippen molar-refractivity contribution in [2.75, 3.05) is 6.61 Å². The number of thiazole rings is 2. The molecule has 5 nitrogen and oxygen atoms in total. The molecule has 0 radical (unpaired) electrons. The zero-order valence-electron chi connectivity index (χ0n) is 16.6. The molecular weight excluding hydrogens is 428 g/mol. The fourth-order valence-corrected chi connectivity index (χ4v) is 5.33. The monoisotopic (exact) mass is 446 g/mol. The molecule has 2 heterocycles. The van der Waals surface area contributed by atoms with Crippen LogP contribution in [0.5, 0.6) is 5.75 Å². The minimum atomic E-state index is -0.479. The van der Waals surface area contributed by atoms with Gasteiger partial charge in [0.2, 0.25) is 6.10 Å². The number of fused-ring (bicyclic) bond motifs is 2. The van der Waals surface area contributed by atoms with Crippen molar-refractivity contribution in [3.63, 3.8) is 0 Å². The summed E-state index contributed by atoms with van der Waals surface area (Å²) in [6.07, 6.45) is -0.479. The summed E-state index contributed by atoms with van der Waals surface area (Å²) >= 11 is 3.17. The highest BCUT2D eigenvalue weighted by Gasteiger charge is 2.25. The molecule has 0 aliphatic carbocycles. The molecule has 0 unspecified atom stereocenters. The van der Waals surface area contributed by atoms with E-state index >= 15 is 0 Å². The number of nitrogens with zero attached hydrogens (tertiary/aromatic N) is 2. The third-order valence-corrected chi connectivity index (χ3v) is 6.83. The number of hydrogen-bond acceptors (Lipinski definition) is 7. The van der Waals surface area contributed by atoms with Crippen LogP contribution >= 0.6 is 22.7 Å². The van der Waals surface area contributed by atoms with Crippen molar-refractivity contribution in [1.29, 1.82) is 0 Å². The Morgan fingerprint density at radius 1 is 0.871 bits per heavy atom. The first-order chi connectivity index (χ1) is 15.2. The first-order valence-corrected chi connectivity index (χ1v) is 11.5. The van der Waals surface area contributed by atoms with E-state index in [1.807, 2.05) is 54.6 Å². The Labute approximate surface area is 186 Å². The van der Waals surface area contributed by atoms with E-state index in [4.69, 9.17) is 19.4 Å². The molecule has 2 aromatic heterocycles. The van der Waals surface area contributed by atoms with E-state index < -0.39 is 6.10 Å². The Kier molecular flexibility index (Phi) is 5.36. The molecule has 0 bridgehead atoms. The maximum atomic E-state index is 12.2. The van der Waals surface area contributed by atoms with Crippen LogP contribution in [0.15, 0.2) is 72.8 Å². The van der Waals surface area contributed by atoms with Crippen LogP contribution in [0.25, 0.3) is 20.4 Å². The van der Waals surface area contributed by atoms with Crippen molar-refractivity contribution < 1.29 is 14.3 Å². The molecule has 5 aromatic rings. The fourth-order valence-electron chi connectivity index (χ4n) is 3.26. The molecule has 0 saturated heterocycles. The van der Waals surface area contributed by atoms with Gasteiger partial charge in [0, 0.05) is 0 Å². The van der Waals surface area contributed by atoms with Gasteiger partial charge in [-0.15, -0.1) is 22.7 Å². The zero-order valence-corrected chi connectivity index (χ0v) is 18.3. The summed E-state index contributed by atoms with van der Waals surface area (Å²) in [6.45, 7) is 2.11. The highest BCUT2D eigenvalue weighted by Crippen LogP contribution is 2.37. The minimum Gasteiger partial charge on any atom is -0.476 e. The largest absolute Gasteiger partial charge is 0.476 e. The summed E-state index contributed by atoms with van der Waals surface area (Å²) in [6, 6.07) is 23.1. The Balaban J connectivity index is 1.57. The van der Waals surface area contributed by atoms with Crippen molar-refractivity contribution in [3.8, 4) is 5.75 Å². The number of hydrogen-bond donors (Lipinski definition) is 0. The summed E-state index contributed by atoms with van der Waals surface area (Å²) in [7, 11) is 0. The molecule has 0 N–H and O–H groups in total. The molecule has 154 valence electrons. The third kappa shape index (κ3) is 4.02. The lowest BCUT2D eigenvalue weighted by atomic mass is 10.2. The van der Waals surface area contributed by atoms with E-state index in [2.05, 4.69) is 0 Å². The minimum absolute atomic E-state index is 0.323. The summed E-state index contributed by atoms with van der Waals surface area (Å²) in [5.41, 5.74) is 2.31. The first-order valence-electron chi connectivity index (χ1n) is 9.86. The number of para-hydroxylation sites is 2. The van der Waals surface area contributed by atoms with Gasteiger partial charge in [0.25, 0.3) is 0 Å². The predicted octanol–water partition coefficient (Wildman–Crippen LogP) is 6.25. The van der Waals surface area contributed by atoms with Crippen LogP contribution in [0.4, 0.5) is 0 Å². The maximum Gasteiger partial charge on any atom is 0.338 e. The zero-order chi connectivity index (χ0) is 21.2. The van der Waals surface area contributed by atoms with E-state index in [0.29, 0.717) is 17.9 Å². The van der Waals surface area contributed by atoms with Gasteiger partial charge in [0.1, 0.15) is 15.8 Å². The molecule has 0 spiro atoms. The number of esters is 1. The summed E-state index contributed by atoms with van der Waals surface area (Å²) < 4.78 is 13.7. The number of carbonyl (C=O) groups is 1. The Hall–Kier alpha value is -3.29. The van der Waals surface area contributed by atoms with Crippen LogP contribution < -0.4 is 4.74 Å². The maximum absolute atomic E-state index is 12.2. The van der Waals surface area contributed by atoms with Crippen LogP contribution in [-0.2, 0) is 4.74 Å². The van der Waals surface area contributed by atoms with Gasteiger partial charge in [-0.3, -0.25) is 0 Å². The highest BCUT2D eigenvalue weighted by molar-refractivity contribution is 7.20. The number of ether oxygens (including phenoxy) is 2. The molecule has 7 heteroatoms. The molecule has 0 saturated carbocycles. The summed E-state index contributed by atoms with van der Waals surface area (Å²) in [5.74, 6) is 0.193. The van der Waals surface area contributed by atoms with E-state index in [9.17, 15) is 4.79 Å². The Bertz CT molecular complexity index is 1240. The van der Waals surface area contributed by atoms with E-state index in [0.717, 1.165) is 30.4 Å². The van der Waals surface area contributed by atoms with Crippen LogP contribution in [0.1, 0.15) is 33.4 Å². The summed E-state index contributed by atoms with van der Waals surface area (Å²) in [4.78, 5) is 21.8. The molecule has 0 atom stereocenters. The second-order valence-corrected chi connectivity index (χ2v) is 8.91. The average molecular weight is 447 g/mol. The van der Waals surface area contributed by atoms with Gasteiger partial charge in [0.05, 0.1) is 32.6 Å². The summed E-state index contributed by atoms with van der Waals surface area (Å²) in [5, 5.41) is 1.64. The smallest absolute Gasteiger partial charge is 0.338 e. The molecular formula is C24H18N2O3S2. The average Bonchev–Trinajstić information content (AvgIpc) is 3.42. The Morgan fingerprint density at radius 3 is 2.06 bits per heavy atom. The van der Waals surface area contributed by atoms with Gasteiger partial charge in [-0.25, -0.2) is 14.8 Å². The van der Waals surface area contributed by atoms with Crippen molar-refractivity contribution >= 4 is 49.1 Å². The van der Waals surface area contributed by atoms with Crippen LogP contribution in [0.3, 0.4) is 0 Å². The standard InChI is InChI=1S/C24H18N2O3S2/c1-2-28-24(27)15-8-7-9-16(14-15)29-21(22-25-17-10-3-5-12-19(17)30-22)23-26-18-11-4-6-13-20(18)31-23/h3-14,21H,2H2,1H3. The topological polar surface area (TPSA) is 61.3 Å². The van der Waals surface area contributed by atoms with Crippen molar-refractivity contribution in [2.24, 2.45) is 0 Å². The number of carbonyl (C=O) groups excluding carboxylic acids is 1. The highest BCUT2D eigenvalue weighted by atomic mass is 32.1. The third-order valence-electron chi connectivity index (χ3n) is 4.67. The lowest BCUT2D eigenvalue weighted by molar-refractivity contribution is 0.0525. The van der Waals surface area contributed by atoms with Gasteiger partial charge >= 0.3 is 5.97 Å². The van der Waals surface area contributed by atoms with E-state index in [-0.39, 0.29) is 5.97 Å². The van der Waals surface area contributed by atoms with Crippen molar-refractivity contribution in [2.45, 2.75) is 13.0 Å². The second kappa shape index (κ2) is 8.45. The number of aromatic nitrogens is 2. The van der Waals surface area contributed by atoms with Gasteiger partial charge in [-0.2, -0.15) is 0 Å². The predicted molar refractivity (Wildman–Crippen MR) is 124 cm³/mol. The fraction of sp³-hybridized carbons (Fsp3) is 0.125. The number of rotatable bonds is 6. The van der Waals surface area contributed by atoms with Gasteiger partial charge in [-0.05, 0) is 49.4 Å². The van der Waals surface area contributed by atoms with Gasteiger partial charge < -0.3 is 9.47 Å². The van der Waals surface area contributed by atoms with Gasteiger partial charge in [-0.1, -0.05) is 30.3 Å². The second-order valence-electron chi connectivity index (χ2n) is 6.79. The molecule has 31 heavy (non-hydrogen) atoms. The van der Waals surface area contributed by atoms with Gasteiger partial charge in [0.15, 0.2) is 0 Å². The van der Waals surface area contributed by atoms with Crippen LogP contribution in [-0.4, -0.2) is 22.5 Å². The normalized spacial score (nSPS) is 11.3. The van der Waals surface area contributed by atoms with E-state index in [1.54, 1.807) is 47.8 Å². The van der Waals surface area contributed by atoms with Crippen LogP contribution in [0, 0.1) is 0 Å². The van der Waals surface area contributed by atoms with Crippen LogP contribution in [0.2, 0.25) is 0 Å². The SMILES string of the molecule is CCOC(=O)c1cccc(OC(c2nc3ccccc3s2)c2nc3ccccc3s2)c1. The molecule has 5 rings (SSSR count). The van der Waals surface area contributed by atoms with Crippen molar-refractivity contribution in [1.82, 2.24) is 9.97 Å². The molecule has 0 amide bonds. The quantitative estimate of drug-likeness (QED) is 0.289.